The molecule has 0 bridgehead atoms. The van der Waals surface area contributed by atoms with Crippen LogP contribution in [0.5, 0.6) is 0 Å². The number of rotatable bonds is 3. The number of carbonyl (C=O) groups is 1. The first-order valence-electron chi connectivity index (χ1n) is 6.05. The Balaban J connectivity index is 1.89. The maximum Gasteiger partial charge on any atom is 0.228 e. The van der Waals surface area contributed by atoms with Gasteiger partial charge in [-0.25, -0.2) is 12.7 Å². The van der Waals surface area contributed by atoms with Gasteiger partial charge < -0.3 is 9.84 Å². The van der Waals surface area contributed by atoms with Crippen LogP contribution in [0, 0.1) is 12.8 Å². The Hall–Kier alpha value is -1.41. The summed E-state index contributed by atoms with van der Waals surface area (Å²) in [5.41, 5.74) is 0. The number of aromatic nitrogens is 1. The zero-order valence-electron chi connectivity index (χ0n) is 10.9. The van der Waals surface area contributed by atoms with Crippen molar-refractivity contribution in [2.45, 2.75) is 19.8 Å². The van der Waals surface area contributed by atoms with E-state index in [0.29, 0.717) is 37.5 Å². The fraction of sp³-hybridized carbons (Fsp3) is 0.636. The minimum atomic E-state index is -3.16. The summed E-state index contributed by atoms with van der Waals surface area (Å²) in [6.45, 7) is 2.51. The lowest BCUT2D eigenvalue weighted by atomic mass is 9.97. The molecule has 106 valence electrons. The lowest BCUT2D eigenvalue weighted by molar-refractivity contribution is -0.120. The minimum absolute atomic E-state index is 0.138. The second kappa shape index (κ2) is 5.30. The molecule has 7 nitrogen and oxygen atoms in total. The molecule has 19 heavy (non-hydrogen) atoms. The van der Waals surface area contributed by atoms with Crippen LogP contribution in [0.25, 0.3) is 0 Å². The van der Waals surface area contributed by atoms with E-state index in [9.17, 15) is 13.2 Å². The van der Waals surface area contributed by atoms with Crippen LogP contribution in [0.1, 0.15) is 18.6 Å². The minimum Gasteiger partial charge on any atom is -0.360 e. The molecule has 0 saturated carbocycles. The Morgan fingerprint density at radius 2 is 2.11 bits per heavy atom. The summed E-state index contributed by atoms with van der Waals surface area (Å²) in [6.07, 6.45) is 2.23. The van der Waals surface area contributed by atoms with Gasteiger partial charge in [-0.05, 0) is 19.8 Å². The molecular formula is C11H17N3O4S. The normalized spacial score (nSPS) is 18.4. The van der Waals surface area contributed by atoms with E-state index in [1.165, 1.54) is 10.6 Å². The first-order chi connectivity index (χ1) is 8.86. The van der Waals surface area contributed by atoms with Crippen LogP contribution in [-0.4, -0.2) is 43.1 Å². The van der Waals surface area contributed by atoms with Gasteiger partial charge in [-0.3, -0.25) is 4.79 Å². The van der Waals surface area contributed by atoms with Crippen LogP contribution in [0.3, 0.4) is 0 Å². The van der Waals surface area contributed by atoms with Crippen LogP contribution in [0.4, 0.5) is 5.82 Å². The second-order valence-corrected chi connectivity index (χ2v) is 6.73. The SMILES string of the molecule is Cc1cc(NC(=O)C2CCN(S(C)(=O)=O)CC2)no1. The average Bonchev–Trinajstić information content (AvgIpc) is 2.74. The predicted octanol–water partition coefficient (Wildman–Crippen LogP) is 0.593. The van der Waals surface area contributed by atoms with E-state index in [1.54, 1.807) is 13.0 Å². The molecule has 1 amide bonds. The van der Waals surface area contributed by atoms with Crippen molar-refractivity contribution in [1.82, 2.24) is 9.46 Å². The molecule has 1 aliphatic rings. The van der Waals surface area contributed by atoms with E-state index >= 15 is 0 Å². The highest BCUT2D eigenvalue weighted by atomic mass is 32.2. The Morgan fingerprint density at radius 1 is 1.47 bits per heavy atom. The number of sulfonamides is 1. The molecule has 2 rings (SSSR count). The van der Waals surface area contributed by atoms with Gasteiger partial charge in [0.1, 0.15) is 5.76 Å². The average molecular weight is 287 g/mol. The van der Waals surface area contributed by atoms with Crippen molar-refractivity contribution in [2.24, 2.45) is 5.92 Å². The van der Waals surface area contributed by atoms with Gasteiger partial charge >= 0.3 is 0 Å². The van der Waals surface area contributed by atoms with Gasteiger partial charge in [-0.1, -0.05) is 5.16 Å². The van der Waals surface area contributed by atoms with Crippen LogP contribution < -0.4 is 5.32 Å². The Morgan fingerprint density at radius 3 is 2.58 bits per heavy atom. The predicted molar refractivity (Wildman–Crippen MR) is 69.0 cm³/mol. The zero-order chi connectivity index (χ0) is 14.0. The van der Waals surface area contributed by atoms with Gasteiger partial charge in [0.2, 0.25) is 15.9 Å². The quantitative estimate of drug-likeness (QED) is 0.878. The molecule has 1 aliphatic heterocycles. The first kappa shape index (κ1) is 14.0. The molecule has 1 fully saturated rings. The molecule has 1 aromatic rings. The highest BCUT2D eigenvalue weighted by Gasteiger charge is 2.29. The summed E-state index contributed by atoms with van der Waals surface area (Å²) in [5.74, 6) is 0.701. The fourth-order valence-electron chi connectivity index (χ4n) is 2.10. The maximum atomic E-state index is 12.0. The van der Waals surface area contributed by atoms with Gasteiger partial charge in [0.25, 0.3) is 0 Å². The van der Waals surface area contributed by atoms with Crippen molar-refractivity contribution in [1.29, 1.82) is 0 Å². The summed E-state index contributed by atoms with van der Waals surface area (Å²) >= 11 is 0. The van der Waals surface area contributed by atoms with Gasteiger partial charge in [0.05, 0.1) is 6.26 Å². The third-order valence-corrected chi connectivity index (χ3v) is 4.48. The van der Waals surface area contributed by atoms with Crippen molar-refractivity contribution in [3.63, 3.8) is 0 Å². The number of aryl methyl sites for hydroxylation is 1. The van der Waals surface area contributed by atoms with Crippen LogP contribution >= 0.6 is 0 Å². The summed E-state index contributed by atoms with van der Waals surface area (Å²) in [6, 6.07) is 1.64. The molecule has 1 saturated heterocycles. The number of nitrogens with zero attached hydrogens (tertiary/aromatic N) is 2. The Kier molecular flexibility index (Phi) is 3.91. The maximum absolute atomic E-state index is 12.0. The van der Waals surface area contributed by atoms with Crippen molar-refractivity contribution in [3.8, 4) is 0 Å². The standard InChI is InChI=1S/C11H17N3O4S/c1-8-7-10(13-18-8)12-11(15)9-3-5-14(6-4-9)19(2,16)17/h7,9H,3-6H2,1-2H3,(H,12,13,15). The van der Waals surface area contributed by atoms with Crippen molar-refractivity contribution < 1.29 is 17.7 Å². The number of amides is 1. The zero-order valence-corrected chi connectivity index (χ0v) is 11.7. The molecule has 2 heterocycles. The molecule has 0 atom stereocenters. The van der Waals surface area contributed by atoms with Crippen LogP contribution in [0.15, 0.2) is 10.6 Å². The number of anilines is 1. The van der Waals surface area contributed by atoms with E-state index in [4.69, 9.17) is 4.52 Å². The van der Waals surface area contributed by atoms with Crippen LogP contribution in [0.2, 0.25) is 0 Å². The van der Waals surface area contributed by atoms with Crippen molar-refractivity contribution in [2.75, 3.05) is 24.7 Å². The molecule has 0 spiro atoms. The third-order valence-electron chi connectivity index (χ3n) is 3.17. The van der Waals surface area contributed by atoms with Crippen LogP contribution in [-0.2, 0) is 14.8 Å². The highest BCUT2D eigenvalue weighted by Crippen LogP contribution is 2.20. The van der Waals surface area contributed by atoms with E-state index in [1.807, 2.05) is 0 Å². The first-order valence-corrected chi connectivity index (χ1v) is 7.90. The highest BCUT2D eigenvalue weighted by molar-refractivity contribution is 7.88. The largest absolute Gasteiger partial charge is 0.360 e. The Labute approximate surface area is 112 Å². The number of carbonyl (C=O) groups excluding carboxylic acids is 1. The molecule has 0 unspecified atom stereocenters. The molecular weight excluding hydrogens is 270 g/mol. The number of nitrogens with one attached hydrogen (secondary N) is 1. The van der Waals surface area contributed by atoms with Crippen molar-refractivity contribution in [3.05, 3.63) is 11.8 Å². The molecule has 0 aliphatic carbocycles. The van der Waals surface area contributed by atoms with E-state index in [0.717, 1.165) is 0 Å². The Bertz CT molecular complexity index is 558. The summed E-state index contributed by atoms with van der Waals surface area (Å²) in [7, 11) is -3.16. The van der Waals surface area contributed by atoms with E-state index in [-0.39, 0.29) is 11.8 Å². The topological polar surface area (TPSA) is 92.5 Å². The van der Waals surface area contributed by atoms with Gasteiger partial charge in [0, 0.05) is 25.1 Å². The van der Waals surface area contributed by atoms with Crippen molar-refractivity contribution >= 4 is 21.7 Å². The summed E-state index contributed by atoms with van der Waals surface area (Å²) < 4.78 is 29.0. The number of hydrogen-bond donors (Lipinski definition) is 1. The third kappa shape index (κ3) is 3.54. The number of piperidine rings is 1. The molecule has 1 aromatic heterocycles. The van der Waals surface area contributed by atoms with Gasteiger partial charge in [0.15, 0.2) is 5.82 Å². The van der Waals surface area contributed by atoms with Gasteiger partial charge in [-0.2, -0.15) is 0 Å². The van der Waals surface area contributed by atoms with E-state index < -0.39 is 10.0 Å². The second-order valence-electron chi connectivity index (χ2n) is 4.75. The van der Waals surface area contributed by atoms with Gasteiger partial charge in [-0.15, -0.1) is 0 Å². The molecule has 0 aromatic carbocycles. The molecule has 8 heteroatoms. The lowest BCUT2D eigenvalue weighted by Crippen LogP contribution is -2.40. The smallest absolute Gasteiger partial charge is 0.228 e. The molecule has 1 N–H and O–H groups in total. The molecule has 0 radical (unpaired) electrons. The monoisotopic (exact) mass is 287 g/mol. The summed E-state index contributed by atoms with van der Waals surface area (Å²) in [4.78, 5) is 12.0. The summed E-state index contributed by atoms with van der Waals surface area (Å²) in [5, 5.41) is 6.37. The van der Waals surface area contributed by atoms with E-state index in [2.05, 4.69) is 10.5 Å². The fourth-order valence-corrected chi connectivity index (χ4v) is 2.98. The number of hydrogen-bond acceptors (Lipinski definition) is 5. The lowest BCUT2D eigenvalue weighted by Gasteiger charge is -2.29.